The summed E-state index contributed by atoms with van der Waals surface area (Å²) in [5.74, 6) is 2.10. The van der Waals surface area contributed by atoms with Gasteiger partial charge in [-0.05, 0) is 36.2 Å². The lowest BCUT2D eigenvalue weighted by atomic mass is 10.1. The van der Waals surface area contributed by atoms with E-state index in [0.29, 0.717) is 40.8 Å². The third-order valence-corrected chi connectivity index (χ3v) is 3.90. The number of carbonyl (C=O) groups excluding carboxylic acids is 1. The Kier molecular flexibility index (Phi) is 6.54. The maximum atomic E-state index is 12.3. The summed E-state index contributed by atoms with van der Waals surface area (Å²) in [7, 11) is 6.21. The quantitative estimate of drug-likeness (QED) is 0.703. The minimum Gasteiger partial charge on any atom is -0.497 e. The molecule has 0 aliphatic carbocycles. The first kappa shape index (κ1) is 19.2. The molecule has 0 atom stereocenters. The van der Waals surface area contributed by atoms with Crippen LogP contribution in [0.25, 0.3) is 0 Å². The van der Waals surface area contributed by atoms with Gasteiger partial charge in [-0.15, -0.1) is 0 Å². The highest BCUT2D eigenvalue weighted by Gasteiger charge is 2.14. The predicted molar refractivity (Wildman–Crippen MR) is 100 cm³/mol. The van der Waals surface area contributed by atoms with Crippen LogP contribution in [0, 0.1) is 0 Å². The van der Waals surface area contributed by atoms with Crippen molar-refractivity contribution in [3.05, 3.63) is 35.9 Å². The van der Waals surface area contributed by atoms with Crippen LogP contribution in [0.15, 0.2) is 30.3 Å². The maximum absolute atomic E-state index is 12.3. The lowest BCUT2D eigenvalue weighted by molar-refractivity contribution is -0.116. The van der Waals surface area contributed by atoms with Gasteiger partial charge >= 0.3 is 0 Å². The Labute approximate surface area is 153 Å². The zero-order chi connectivity index (χ0) is 19.1. The molecular formula is C19H24N2O5. The topological polar surface area (TPSA) is 92.0 Å². The van der Waals surface area contributed by atoms with Crippen LogP contribution >= 0.6 is 0 Å². The van der Waals surface area contributed by atoms with Gasteiger partial charge in [0.15, 0.2) is 11.5 Å². The van der Waals surface area contributed by atoms with Gasteiger partial charge in [0, 0.05) is 12.5 Å². The molecule has 0 spiro atoms. The van der Waals surface area contributed by atoms with E-state index in [9.17, 15) is 4.79 Å². The van der Waals surface area contributed by atoms with Gasteiger partial charge in [-0.2, -0.15) is 0 Å². The van der Waals surface area contributed by atoms with E-state index in [-0.39, 0.29) is 12.3 Å². The molecule has 0 radical (unpaired) electrons. The van der Waals surface area contributed by atoms with Crippen LogP contribution in [0.1, 0.15) is 12.0 Å². The van der Waals surface area contributed by atoms with Crippen molar-refractivity contribution in [3.63, 3.8) is 0 Å². The van der Waals surface area contributed by atoms with E-state index in [2.05, 4.69) is 5.32 Å². The molecule has 0 unspecified atom stereocenters. The van der Waals surface area contributed by atoms with Crippen LogP contribution in [0.2, 0.25) is 0 Å². The monoisotopic (exact) mass is 360 g/mol. The second-order valence-corrected chi connectivity index (χ2v) is 5.53. The first-order valence-electron chi connectivity index (χ1n) is 8.04. The Morgan fingerprint density at radius 2 is 1.62 bits per heavy atom. The van der Waals surface area contributed by atoms with Gasteiger partial charge in [-0.3, -0.25) is 4.79 Å². The van der Waals surface area contributed by atoms with Crippen molar-refractivity contribution in [1.29, 1.82) is 0 Å². The molecular weight excluding hydrogens is 336 g/mol. The molecule has 0 fully saturated rings. The zero-order valence-electron chi connectivity index (χ0n) is 15.4. The van der Waals surface area contributed by atoms with E-state index >= 15 is 0 Å². The lowest BCUT2D eigenvalue weighted by Gasteiger charge is -2.14. The van der Waals surface area contributed by atoms with Crippen molar-refractivity contribution in [1.82, 2.24) is 0 Å². The van der Waals surface area contributed by atoms with E-state index in [4.69, 9.17) is 24.7 Å². The number of anilines is 2. The SMILES string of the molecule is COc1ccc(N)c(NC(=O)CCc2cc(OC)c(OC)c(OC)c2)c1. The van der Waals surface area contributed by atoms with Gasteiger partial charge in [0.25, 0.3) is 0 Å². The molecule has 7 heteroatoms. The number of hydrogen-bond donors (Lipinski definition) is 2. The Morgan fingerprint density at radius 3 is 2.15 bits per heavy atom. The number of nitrogens with one attached hydrogen (secondary N) is 1. The molecule has 0 bridgehead atoms. The normalized spacial score (nSPS) is 10.2. The summed E-state index contributed by atoms with van der Waals surface area (Å²) in [5, 5.41) is 2.80. The van der Waals surface area contributed by atoms with Crippen LogP contribution in [-0.2, 0) is 11.2 Å². The highest BCUT2D eigenvalue weighted by molar-refractivity contribution is 5.94. The Hall–Kier alpha value is -3.09. The number of rotatable bonds is 8. The Bertz CT molecular complexity index is 752. The van der Waals surface area contributed by atoms with Crippen molar-refractivity contribution in [2.24, 2.45) is 0 Å². The first-order chi connectivity index (χ1) is 12.5. The second kappa shape index (κ2) is 8.84. The van der Waals surface area contributed by atoms with E-state index in [1.54, 1.807) is 46.6 Å². The third kappa shape index (κ3) is 4.50. The highest BCUT2D eigenvalue weighted by Crippen LogP contribution is 2.38. The van der Waals surface area contributed by atoms with Crippen LogP contribution in [-0.4, -0.2) is 34.3 Å². The zero-order valence-corrected chi connectivity index (χ0v) is 15.4. The lowest BCUT2D eigenvalue weighted by Crippen LogP contribution is -2.13. The van der Waals surface area contributed by atoms with Crippen molar-refractivity contribution >= 4 is 17.3 Å². The van der Waals surface area contributed by atoms with Crippen molar-refractivity contribution in [2.45, 2.75) is 12.8 Å². The van der Waals surface area contributed by atoms with Gasteiger partial charge in [-0.25, -0.2) is 0 Å². The van der Waals surface area contributed by atoms with E-state index < -0.39 is 0 Å². The predicted octanol–water partition coefficient (Wildman–Crippen LogP) is 2.87. The van der Waals surface area contributed by atoms with Crippen molar-refractivity contribution in [3.8, 4) is 23.0 Å². The number of carbonyl (C=O) groups is 1. The summed E-state index contributed by atoms with van der Waals surface area (Å²) in [6.07, 6.45) is 0.779. The van der Waals surface area contributed by atoms with E-state index in [0.717, 1.165) is 5.56 Å². The molecule has 140 valence electrons. The van der Waals surface area contributed by atoms with Crippen LogP contribution < -0.4 is 30.0 Å². The highest BCUT2D eigenvalue weighted by atomic mass is 16.5. The van der Waals surface area contributed by atoms with Crippen molar-refractivity contribution < 1.29 is 23.7 Å². The third-order valence-electron chi connectivity index (χ3n) is 3.90. The summed E-state index contributed by atoms with van der Waals surface area (Å²) in [6.45, 7) is 0. The van der Waals surface area contributed by atoms with Crippen LogP contribution in [0.5, 0.6) is 23.0 Å². The number of amides is 1. The maximum Gasteiger partial charge on any atom is 0.224 e. The molecule has 2 aromatic carbocycles. The number of ether oxygens (including phenoxy) is 4. The minimum atomic E-state index is -0.154. The number of aryl methyl sites for hydroxylation is 1. The molecule has 7 nitrogen and oxygen atoms in total. The summed E-state index contributed by atoms with van der Waals surface area (Å²) < 4.78 is 21.1. The van der Waals surface area contributed by atoms with Gasteiger partial charge in [0.2, 0.25) is 11.7 Å². The molecule has 0 heterocycles. The Balaban J connectivity index is 2.08. The number of nitrogens with two attached hydrogens (primary N) is 1. The largest absolute Gasteiger partial charge is 0.497 e. The molecule has 0 saturated carbocycles. The summed E-state index contributed by atoms with van der Waals surface area (Å²) >= 11 is 0. The van der Waals surface area contributed by atoms with Gasteiger partial charge in [0.05, 0.1) is 39.8 Å². The summed E-state index contributed by atoms with van der Waals surface area (Å²) in [6, 6.07) is 8.77. The van der Waals surface area contributed by atoms with E-state index in [1.807, 2.05) is 12.1 Å². The number of hydrogen-bond acceptors (Lipinski definition) is 6. The van der Waals surface area contributed by atoms with Gasteiger partial charge in [0.1, 0.15) is 5.75 Å². The molecule has 0 aromatic heterocycles. The summed E-state index contributed by atoms with van der Waals surface area (Å²) in [4.78, 5) is 12.3. The second-order valence-electron chi connectivity index (χ2n) is 5.53. The Morgan fingerprint density at radius 1 is 0.962 bits per heavy atom. The van der Waals surface area contributed by atoms with Crippen LogP contribution in [0.4, 0.5) is 11.4 Å². The molecule has 1 amide bonds. The molecule has 0 aliphatic rings. The smallest absolute Gasteiger partial charge is 0.224 e. The number of benzene rings is 2. The fourth-order valence-corrected chi connectivity index (χ4v) is 2.52. The number of nitrogen functional groups attached to an aromatic ring is 1. The van der Waals surface area contributed by atoms with Gasteiger partial charge in [-0.1, -0.05) is 0 Å². The molecule has 2 rings (SSSR count). The first-order valence-corrected chi connectivity index (χ1v) is 8.04. The van der Waals surface area contributed by atoms with Crippen LogP contribution in [0.3, 0.4) is 0 Å². The molecule has 0 saturated heterocycles. The fraction of sp³-hybridized carbons (Fsp3) is 0.316. The standard InChI is InChI=1S/C19H24N2O5/c1-23-13-6-7-14(20)15(11-13)21-18(22)8-5-12-9-16(24-2)19(26-4)17(10-12)25-3/h6-7,9-11H,5,8,20H2,1-4H3,(H,21,22). The average Bonchev–Trinajstić information content (AvgIpc) is 2.67. The molecule has 26 heavy (non-hydrogen) atoms. The van der Waals surface area contributed by atoms with Gasteiger partial charge < -0.3 is 30.0 Å². The molecule has 3 N–H and O–H groups in total. The molecule has 0 aliphatic heterocycles. The summed E-state index contributed by atoms with van der Waals surface area (Å²) in [5.41, 5.74) is 7.79. The number of methoxy groups -OCH3 is 4. The minimum absolute atomic E-state index is 0.154. The fourth-order valence-electron chi connectivity index (χ4n) is 2.52. The molecule has 2 aromatic rings. The average molecular weight is 360 g/mol. The van der Waals surface area contributed by atoms with E-state index in [1.165, 1.54) is 0 Å². The van der Waals surface area contributed by atoms with Crippen molar-refractivity contribution in [2.75, 3.05) is 39.5 Å².